The number of nitrogens with one attached hydrogen (secondary N) is 1. The summed E-state index contributed by atoms with van der Waals surface area (Å²) in [4.78, 5) is 12.3. The van der Waals surface area contributed by atoms with Crippen LogP contribution in [0.25, 0.3) is 0 Å². The van der Waals surface area contributed by atoms with E-state index in [-0.39, 0.29) is 5.91 Å². The van der Waals surface area contributed by atoms with Crippen LogP contribution < -0.4 is 14.9 Å². The first-order valence-electron chi connectivity index (χ1n) is 13.0. The molecule has 2 aromatic carbocycles. The highest BCUT2D eigenvalue weighted by Crippen LogP contribution is 2.14. The van der Waals surface area contributed by atoms with Gasteiger partial charge in [0.15, 0.2) is 0 Å². The van der Waals surface area contributed by atoms with E-state index in [0.29, 0.717) is 12.2 Å². The lowest BCUT2D eigenvalue weighted by Crippen LogP contribution is -2.17. The van der Waals surface area contributed by atoms with Gasteiger partial charge in [-0.2, -0.15) is 5.10 Å². The van der Waals surface area contributed by atoms with Crippen molar-refractivity contribution in [3.05, 3.63) is 59.7 Å². The molecule has 0 unspecified atom stereocenters. The summed E-state index contributed by atoms with van der Waals surface area (Å²) in [7, 11) is 0. The van der Waals surface area contributed by atoms with Gasteiger partial charge in [0.25, 0.3) is 5.91 Å². The van der Waals surface area contributed by atoms with Crippen LogP contribution >= 0.6 is 0 Å². The molecule has 1 N–H and O–H groups in total. The Hall–Kier alpha value is -2.82. The molecule has 2 rings (SSSR count). The minimum Gasteiger partial charge on any atom is -0.494 e. The zero-order valence-corrected chi connectivity index (χ0v) is 21.1. The molecule has 0 saturated heterocycles. The van der Waals surface area contributed by atoms with Gasteiger partial charge in [0.2, 0.25) is 0 Å². The minimum absolute atomic E-state index is 0.248. The van der Waals surface area contributed by atoms with Crippen LogP contribution in [0.2, 0.25) is 0 Å². The Morgan fingerprint density at radius 2 is 1.18 bits per heavy atom. The van der Waals surface area contributed by atoms with Crippen molar-refractivity contribution >= 4 is 12.1 Å². The fourth-order valence-corrected chi connectivity index (χ4v) is 3.55. The lowest BCUT2D eigenvalue weighted by Gasteiger charge is -2.07. The standard InChI is InChI=1S/C29H42N2O3/c1-3-5-7-8-9-10-11-13-23-34-28-20-16-26(17-21-28)29(32)31-30-24-25-14-18-27(19-15-25)33-22-12-6-4-2/h14-21,24H,3-13,22-23H2,1-2H3,(H,31,32)/b30-24-. The van der Waals surface area contributed by atoms with E-state index >= 15 is 0 Å². The fourth-order valence-electron chi connectivity index (χ4n) is 3.55. The number of carbonyl (C=O) groups excluding carboxylic acids is 1. The van der Waals surface area contributed by atoms with E-state index in [1.54, 1.807) is 18.3 Å². The number of unbranched alkanes of at least 4 members (excludes halogenated alkanes) is 9. The Labute approximate surface area is 205 Å². The molecule has 0 aliphatic carbocycles. The molecule has 0 heterocycles. The van der Waals surface area contributed by atoms with E-state index in [0.717, 1.165) is 36.5 Å². The molecule has 0 atom stereocenters. The molecule has 0 aliphatic rings. The molecule has 0 fully saturated rings. The third kappa shape index (κ3) is 11.9. The topological polar surface area (TPSA) is 59.9 Å². The van der Waals surface area contributed by atoms with Gasteiger partial charge in [-0.15, -0.1) is 0 Å². The Kier molecular flexibility index (Phi) is 14.2. The maximum Gasteiger partial charge on any atom is 0.271 e. The number of amides is 1. The van der Waals surface area contributed by atoms with Crippen molar-refractivity contribution in [3.63, 3.8) is 0 Å². The number of rotatable bonds is 18. The van der Waals surface area contributed by atoms with E-state index in [1.807, 2.05) is 36.4 Å². The quantitative estimate of drug-likeness (QED) is 0.140. The third-order valence-electron chi connectivity index (χ3n) is 5.66. The molecule has 5 heteroatoms. The van der Waals surface area contributed by atoms with E-state index in [9.17, 15) is 4.79 Å². The highest BCUT2D eigenvalue weighted by atomic mass is 16.5. The van der Waals surface area contributed by atoms with Crippen molar-refractivity contribution < 1.29 is 14.3 Å². The molecule has 0 spiro atoms. The van der Waals surface area contributed by atoms with Gasteiger partial charge >= 0.3 is 0 Å². The summed E-state index contributed by atoms with van der Waals surface area (Å²) in [5.74, 6) is 1.39. The van der Waals surface area contributed by atoms with Gasteiger partial charge in [-0.25, -0.2) is 5.43 Å². The maximum atomic E-state index is 12.3. The smallest absolute Gasteiger partial charge is 0.271 e. The Bertz CT molecular complexity index is 816. The second-order valence-electron chi connectivity index (χ2n) is 8.67. The van der Waals surface area contributed by atoms with Crippen molar-refractivity contribution in [2.75, 3.05) is 13.2 Å². The summed E-state index contributed by atoms with van der Waals surface area (Å²) >= 11 is 0. The first kappa shape index (κ1) is 27.4. The zero-order valence-electron chi connectivity index (χ0n) is 21.1. The Balaban J connectivity index is 1.63. The largest absolute Gasteiger partial charge is 0.494 e. The van der Waals surface area contributed by atoms with Crippen molar-refractivity contribution in [2.24, 2.45) is 5.10 Å². The number of carbonyl (C=O) groups is 1. The maximum absolute atomic E-state index is 12.3. The fraction of sp³-hybridized carbons (Fsp3) is 0.517. The lowest BCUT2D eigenvalue weighted by atomic mass is 10.1. The van der Waals surface area contributed by atoms with Crippen LogP contribution in [0.5, 0.6) is 11.5 Å². The van der Waals surface area contributed by atoms with Crippen LogP contribution in [-0.4, -0.2) is 25.3 Å². The number of nitrogens with zero attached hydrogens (tertiary/aromatic N) is 1. The molecule has 34 heavy (non-hydrogen) atoms. The van der Waals surface area contributed by atoms with Gasteiger partial charge in [0, 0.05) is 5.56 Å². The Morgan fingerprint density at radius 3 is 1.76 bits per heavy atom. The van der Waals surface area contributed by atoms with Gasteiger partial charge in [-0.05, 0) is 66.9 Å². The predicted octanol–water partition coefficient (Wildman–Crippen LogP) is 7.54. The van der Waals surface area contributed by atoms with Crippen LogP contribution in [0.4, 0.5) is 0 Å². The van der Waals surface area contributed by atoms with Gasteiger partial charge in [0.1, 0.15) is 11.5 Å². The van der Waals surface area contributed by atoms with Crippen molar-refractivity contribution in [1.82, 2.24) is 5.43 Å². The minimum atomic E-state index is -0.248. The number of hydrogen-bond donors (Lipinski definition) is 1. The number of ether oxygens (including phenoxy) is 2. The van der Waals surface area contributed by atoms with Crippen LogP contribution in [0.15, 0.2) is 53.6 Å². The SMILES string of the molecule is CCCCCCCCCCOc1ccc(C(=O)N/N=C\c2ccc(OCCCCC)cc2)cc1. The average Bonchev–Trinajstić information content (AvgIpc) is 2.87. The van der Waals surface area contributed by atoms with Crippen molar-refractivity contribution in [1.29, 1.82) is 0 Å². The zero-order chi connectivity index (χ0) is 24.3. The summed E-state index contributed by atoms with van der Waals surface area (Å²) in [6.07, 6.45) is 15.3. The van der Waals surface area contributed by atoms with Gasteiger partial charge in [-0.3, -0.25) is 4.79 Å². The third-order valence-corrected chi connectivity index (χ3v) is 5.66. The van der Waals surface area contributed by atoms with Crippen LogP contribution in [0.3, 0.4) is 0 Å². The van der Waals surface area contributed by atoms with E-state index in [4.69, 9.17) is 9.47 Å². The van der Waals surface area contributed by atoms with Crippen LogP contribution in [0.1, 0.15) is 100 Å². The number of benzene rings is 2. The number of hydrogen-bond acceptors (Lipinski definition) is 4. The summed E-state index contributed by atoms with van der Waals surface area (Å²) in [6.45, 7) is 5.88. The molecular formula is C29H42N2O3. The molecule has 5 nitrogen and oxygen atoms in total. The first-order chi connectivity index (χ1) is 16.7. The molecular weight excluding hydrogens is 424 g/mol. The number of hydrazone groups is 1. The summed E-state index contributed by atoms with van der Waals surface area (Å²) < 4.78 is 11.5. The molecule has 0 aromatic heterocycles. The first-order valence-corrected chi connectivity index (χ1v) is 13.0. The van der Waals surface area contributed by atoms with Crippen molar-refractivity contribution in [3.8, 4) is 11.5 Å². The van der Waals surface area contributed by atoms with Crippen LogP contribution in [0, 0.1) is 0 Å². The highest BCUT2D eigenvalue weighted by Gasteiger charge is 2.04. The van der Waals surface area contributed by atoms with Gasteiger partial charge in [0.05, 0.1) is 19.4 Å². The summed E-state index contributed by atoms with van der Waals surface area (Å²) in [6, 6.07) is 14.9. The molecule has 186 valence electrons. The molecule has 0 radical (unpaired) electrons. The normalized spacial score (nSPS) is 11.0. The Morgan fingerprint density at radius 1 is 0.706 bits per heavy atom. The molecule has 1 amide bonds. The van der Waals surface area contributed by atoms with Crippen LogP contribution in [-0.2, 0) is 0 Å². The monoisotopic (exact) mass is 466 g/mol. The van der Waals surface area contributed by atoms with E-state index in [1.165, 1.54) is 57.8 Å². The molecule has 0 bridgehead atoms. The molecule has 2 aromatic rings. The summed E-state index contributed by atoms with van der Waals surface area (Å²) in [5.41, 5.74) is 4.02. The second-order valence-corrected chi connectivity index (χ2v) is 8.67. The van der Waals surface area contributed by atoms with E-state index in [2.05, 4.69) is 24.4 Å². The second kappa shape index (κ2) is 17.6. The summed E-state index contributed by atoms with van der Waals surface area (Å²) in [5, 5.41) is 4.06. The van der Waals surface area contributed by atoms with E-state index < -0.39 is 0 Å². The molecule has 0 saturated carbocycles. The predicted molar refractivity (Wildman–Crippen MR) is 141 cm³/mol. The molecule has 0 aliphatic heterocycles. The van der Waals surface area contributed by atoms with Gasteiger partial charge < -0.3 is 9.47 Å². The average molecular weight is 467 g/mol. The lowest BCUT2D eigenvalue weighted by molar-refractivity contribution is 0.0955. The van der Waals surface area contributed by atoms with Crippen molar-refractivity contribution in [2.45, 2.75) is 84.5 Å². The highest BCUT2D eigenvalue weighted by molar-refractivity contribution is 5.95. The van der Waals surface area contributed by atoms with Gasteiger partial charge in [-0.1, -0.05) is 71.6 Å².